The second kappa shape index (κ2) is 3.94. The van der Waals surface area contributed by atoms with Crippen molar-refractivity contribution in [3.63, 3.8) is 0 Å². The number of rotatable bonds is 2. The van der Waals surface area contributed by atoms with Crippen molar-refractivity contribution < 1.29 is 17.6 Å². The van der Waals surface area contributed by atoms with Crippen LogP contribution in [0.2, 0.25) is 0 Å². The van der Waals surface area contributed by atoms with E-state index in [0.29, 0.717) is 0 Å². The van der Waals surface area contributed by atoms with Crippen LogP contribution in [-0.2, 0) is 0 Å². The van der Waals surface area contributed by atoms with E-state index in [9.17, 15) is 17.6 Å². The molecule has 1 aliphatic carbocycles. The smallest absolute Gasteiger partial charge is 0.187 e. The van der Waals surface area contributed by atoms with E-state index in [1.807, 2.05) is 0 Å². The van der Waals surface area contributed by atoms with Crippen LogP contribution in [0.4, 0.5) is 23.4 Å². The molecule has 0 bridgehead atoms. The van der Waals surface area contributed by atoms with E-state index in [1.165, 1.54) is 0 Å². The maximum atomic E-state index is 13.7. The molecule has 100 valence electrons. The summed E-state index contributed by atoms with van der Waals surface area (Å²) in [6.07, 6.45) is 1.53. The molecule has 1 aromatic heterocycles. The van der Waals surface area contributed by atoms with Crippen LogP contribution in [0.25, 0.3) is 5.69 Å². The number of aromatic nitrogens is 3. The van der Waals surface area contributed by atoms with E-state index in [0.717, 1.165) is 17.5 Å². The molecule has 1 aromatic carbocycles. The molecule has 0 spiro atoms. The largest absolute Gasteiger partial charge is 0.381 e. The highest BCUT2D eigenvalue weighted by atomic mass is 19.2. The molecule has 2 aromatic rings. The van der Waals surface area contributed by atoms with Gasteiger partial charge in [-0.25, -0.2) is 22.2 Å². The van der Waals surface area contributed by atoms with E-state index in [2.05, 4.69) is 10.3 Å². The number of benzene rings is 1. The van der Waals surface area contributed by atoms with Gasteiger partial charge in [-0.2, -0.15) is 0 Å². The quantitative estimate of drug-likeness (QED) is 0.674. The van der Waals surface area contributed by atoms with Gasteiger partial charge >= 0.3 is 0 Å². The molecule has 0 atom stereocenters. The van der Waals surface area contributed by atoms with Crippen molar-refractivity contribution in [3.05, 3.63) is 35.0 Å². The standard InChI is InChI=1S/C11H8F4N4/c12-5-3-6(13)8(15)10(7(5)14)19-9(4-1-2-4)11(16)17-18-19/h3-4H,1-2,16H2. The number of halogens is 4. The molecule has 4 nitrogen and oxygen atoms in total. The summed E-state index contributed by atoms with van der Waals surface area (Å²) in [6.45, 7) is 0. The number of hydrogen-bond donors (Lipinski definition) is 1. The van der Waals surface area contributed by atoms with Crippen molar-refractivity contribution in [2.45, 2.75) is 18.8 Å². The third kappa shape index (κ3) is 1.74. The minimum atomic E-state index is -1.52. The second-order valence-corrected chi connectivity index (χ2v) is 4.36. The van der Waals surface area contributed by atoms with E-state index in [4.69, 9.17) is 5.73 Å². The lowest BCUT2D eigenvalue weighted by Gasteiger charge is -2.09. The number of nitrogen functional groups attached to an aromatic ring is 1. The lowest BCUT2D eigenvalue weighted by molar-refractivity contribution is 0.441. The summed E-state index contributed by atoms with van der Waals surface area (Å²) in [5.41, 5.74) is 4.92. The lowest BCUT2D eigenvalue weighted by Crippen LogP contribution is -2.10. The molecule has 0 aliphatic heterocycles. The Bertz CT molecular complexity index is 637. The van der Waals surface area contributed by atoms with Gasteiger partial charge in [0.05, 0.1) is 5.69 Å². The minimum Gasteiger partial charge on any atom is -0.381 e. The fourth-order valence-corrected chi connectivity index (χ4v) is 1.95. The van der Waals surface area contributed by atoms with Gasteiger partial charge in [-0.15, -0.1) is 5.10 Å². The SMILES string of the molecule is Nc1nnn(-c2c(F)c(F)cc(F)c2F)c1C1CC1. The van der Waals surface area contributed by atoms with E-state index >= 15 is 0 Å². The molecule has 1 aliphatic rings. The molecule has 1 fully saturated rings. The Hall–Kier alpha value is -2.12. The summed E-state index contributed by atoms with van der Waals surface area (Å²) in [6, 6.07) is 0.144. The molecule has 0 radical (unpaired) electrons. The predicted molar refractivity (Wildman–Crippen MR) is 57.6 cm³/mol. The Balaban J connectivity index is 2.28. The maximum absolute atomic E-state index is 13.7. The van der Waals surface area contributed by atoms with Gasteiger partial charge in [-0.3, -0.25) is 0 Å². The Kier molecular flexibility index (Phi) is 2.48. The molecule has 3 rings (SSSR count). The minimum absolute atomic E-state index is 0.00553. The van der Waals surface area contributed by atoms with Crippen molar-refractivity contribution in [1.82, 2.24) is 15.0 Å². The van der Waals surface area contributed by atoms with Crippen molar-refractivity contribution >= 4 is 5.82 Å². The zero-order chi connectivity index (χ0) is 13.7. The highest BCUT2D eigenvalue weighted by Gasteiger charge is 2.33. The molecule has 0 amide bonds. The van der Waals surface area contributed by atoms with Gasteiger partial charge in [-0.05, 0) is 12.8 Å². The van der Waals surface area contributed by atoms with E-state index in [-0.39, 0.29) is 23.5 Å². The second-order valence-electron chi connectivity index (χ2n) is 4.36. The molecular formula is C11H8F4N4. The average molecular weight is 272 g/mol. The molecule has 8 heteroatoms. The van der Waals surface area contributed by atoms with Crippen LogP contribution in [0.15, 0.2) is 6.07 Å². The third-order valence-corrected chi connectivity index (χ3v) is 3.00. The molecule has 0 saturated heterocycles. The summed E-state index contributed by atoms with van der Waals surface area (Å²) in [7, 11) is 0. The first-order valence-corrected chi connectivity index (χ1v) is 5.55. The monoisotopic (exact) mass is 272 g/mol. The van der Waals surface area contributed by atoms with E-state index < -0.39 is 29.0 Å². The highest BCUT2D eigenvalue weighted by molar-refractivity contribution is 5.46. The van der Waals surface area contributed by atoms with Gasteiger partial charge in [0.15, 0.2) is 29.1 Å². The number of nitrogens with zero attached hydrogens (tertiary/aromatic N) is 3. The lowest BCUT2D eigenvalue weighted by atomic mass is 10.2. The van der Waals surface area contributed by atoms with Gasteiger partial charge in [0.25, 0.3) is 0 Å². The first-order chi connectivity index (χ1) is 9.00. The van der Waals surface area contributed by atoms with Gasteiger partial charge in [-0.1, -0.05) is 5.21 Å². The van der Waals surface area contributed by atoms with Crippen LogP contribution in [0.5, 0.6) is 0 Å². The molecule has 2 N–H and O–H groups in total. The molecule has 1 saturated carbocycles. The van der Waals surface area contributed by atoms with Crippen molar-refractivity contribution in [2.24, 2.45) is 0 Å². The topological polar surface area (TPSA) is 56.7 Å². The van der Waals surface area contributed by atoms with Gasteiger partial charge < -0.3 is 5.73 Å². The number of anilines is 1. The maximum Gasteiger partial charge on any atom is 0.187 e. The van der Waals surface area contributed by atoms with Crippen LogP contribution < -0.4 is 5.73 Å². The first kappa shape index (κ1) is 11.9. The predicted octanol–water partition coefficient (Wildman–Crippen LogP) is 2.28. The van der Waals surface area contributed by atoms with Crippen molar-refractivity contribution in [2.75, 3.05) is 5.73 Å². The zero-order valence-electron chi connectivity index (χ0n) is 9.50. The molecule has 19 heavy (non-hydrogen) atoms. The fraction of sp³-hybridized carbons (Fsp3) is 0.273. The van der Waals surface area contributed by atoms with Crippen LogP contribution in [-0.4, -0.2) is 15.0 Å². The first-order valence-electron chi connectivity index (χ1n) is 5.55. The molecule has 0 unspecified atom stereocenters. The summed E-state index contributed by atoms with van der Waals surface area (Å²) < 4.78 is 54.5. The summed E-state index contributed by atoms with van der Waals surface area (Å²) in [4.78, 5) is 0. The van der Waals surface area contributed by atoms with Gasteiger partial charge in [0.2, 0.25) is 0 Å². The summed E-state index contributed by atoms with van der Waals surface area (Å²) in [5.74, 6) is -6.07. The zero-order valence-corrected chi connectivity index (χ0v) is 9.50. The molecule has 1 heterocycles. The Labute approximate surface area is 104 Å². The highest BCUT2D eigenvalue weighted by Crippen LogP contribution is 2.43. The van der Waals surface area contributed by atoms with Gasteiger partial charge in [0, 0.05) is 12.0 Å². The van der Waals surface area contributed by atoms with Crippen LogP contribution in [0.1, 0.15) is 24.5 Å². The van der Waals surface area contributed by atoms with Crippen LogP contribution in [0.3, 0.4) is 0 Å². The van der Waals surface area contributed by atoms with E-state index in [1.54, 1.807) is 0 Å². The van der Waals surface area contributed by atoms with Crippen LogP contribution >= 0.6 is 0 Å². The summed E-state index contributed by atoms with van der Waals surface area (Å²) in [5, 5.41) is 6.99. The average Bonchev–Trinajstić information content (AvgIpc) is 3.12. The van der Waals surface area contributed by atoms with Crippen LogP contribution in [0, 0.1) is 23.3 Å². The number of nitrogens with two attached hydrogens (primary N) is 1. The Morgan fingerprint density at radius 1 is 1.11 bits per heavy atom. The Morgan fingerprint density at radius 2 is 1.68 bits per heavy atom. The number of hydrogen-bond acceptors (Lipinski definition) is 3. The fourth-order valence-electron chi connectivity index (χ4n) is 1.95. The normalized spacial score (nSPS) is 14.9. The Morgan fingerprint density at radius 3 is 2.21 bits per heavy atom. The van der Waals surface area contributed by atoms with Gasteiger partial charge in [0.1, 0.15) is 5.69 Å². The molecular weight excluding hydrogens is 264 g/mol. The summed E-state index contributed by atoms with van der Waals surface area (Å²) >= 11 is 0. The van der Waals surface area contributed by atoms with Crippen molar-refractivity contribution in [3.8, 4) is 5.69 Å². The van der Waals surface area contributed by atoms with Crippen molar-refractivity contribution in [1.29, 1.82) is 0 Å². The third-order valence-electron chi connectivity index (χ3n) is 3.00.